The molecular formula is C15H25NOS. The highest BCUT2D eigenvalue weighted by Gasteiger charge is 2.18. The number of hydrogen-bond acceptors (Lipinski definition) is 3. The van der Waals surface area contributed by atoms with Crippen molar-refractivity contribution >= 4 is 11.8 Å². The molecule has 0 bridgehead atoms. The molecule has 0 aliphatic carbocycles. The van der Waals surface area contributed by atoms with Crippen LogP contribution in [0.25, 0.3) is 0 Å². The Labute approximate surface area is 115 Å². The average molecular weight is 267 g/mol. The molecule has 0 aliphatic rings. The molecule has 3 atom stereocenters. The first-order valence-corrected chi connectivity index (χ1v) is 7.75. The van der Waals surface area contributed by atoms with Crippen LogP contribution >= 0.6 is 11.8 Å². The van der Waals surface area contributed by atoms with E-state index in [0.29, 0.717) is 12.1 Å². The van der Waals surface area contributed by atoms with Gasteiger partial charge in [-0.15, -0.1) is 0 Å². The van der Waals surface area contributed by atoms with E-state index in [-0.39, 0.29) is 11.9 Å². The highest BCUT2D eigenvalue weighted by Crippen LogP contribution is 2.21. The molecule has 1 aromatic carbocycles. The number of nitrogens with one attached hydrogen (secondary N) is 1. The lowest BCUT2D eigenvalue weighted by molar-refractivity contribution is 0.271. The number of thioether (sulfide) groups is 1. The third-order valence-corrected chi connectivity index (χ3v) is 4.61. The molecule has 3 heteroatoms. The van der Waals surface area contributed by atoms with Crippen molar-refractivity contribution < 1.29 is 5.11 Å². The van der Waals surface area contributed by atoms with E-state index < -0.39 is 0 Å². The summed E-state index contributed by atoms with van der Waals surface area (Å²) in [5.41, 5.74) is 3.96. The molecule has 0 radical (unpaired) electrons. The van der Waals surface area contributed by atoms with E-state index in [4.69, 9.17) is 0 Å². The van der Waals surface area contributed by atoms with E-state index >= 15 is 0 Å². The maximum atomic E-state index is 9.31. The first-order valence-electron chi connectivity index (χ1n) is 6.46. The first-order chi connectivity index (χ1) is 8.49. The van der Waals surface area contributed by atoms with E-state index in [1.165, 1.54) is 16.7 Å². The van der Waals surface area contributed by atoms with Gasteiger partial charge < -0.3 is 10.4 Å². The standard InChI is InChI=1S/C15H25NOS/c1-10-6-7-14(11(2)8-10)12(3)16-13(4)15(9-17)18-5/h6-8,12-13,15-17H,9H2,1-5H3. The molecule has 0 amide bonds. The van der Waals surface area contributed by atoms with Gasteiger partial charge in [-0.25, -0.2) is 0 Å². The van der Waals surface area contributed by atoms with Crippen molar-refractivity contribution in [2.75, 3.05) is 12.9 Å². The van der Waals surface area contributed by atoms with E-state index in [1.54, 1.807) is 11.8 Å². The van der Waals surface area contributed by atoms with Crippen molar-refractivity contribution in [3.05, 3.63) is 34.9 Å². The largest absolute Gasteiger partial charge is 0.395 e. The molecule has 0 saturated carbocycles. The van der Waals surface area contributed by atoms with Crippen molar-refractivity contribution in [2.45, 2.75) is 45.0 Å². The third kappa shape index (κ3) is 4.01. The Morgan fingerprint density at radius 1 is 1.28 bits per heavy atom. The summed E-state index contributed by atoms with van der Waals surface area (Å²) in [7, 11) is 0. The molecule has 2 nitrogen and oxygen atoms in total. The zero-order valence-corrected chi connectivity index (χ0v) is 12.8. The van der Waals surface area contributed by atoms with Gasteiger partial charge in [-0.05, 0) is 45.1 Å². The molecular weight excluding hydrogens is 242 g/mol. The predicted molar refractivity (Wildman–Crippen MR) is 81.3 cm³/mol. The Bertz CT molecular complexity index is 377. The average Bonchev–Trinajstić information content (AvgIpc) is 2.30. The summed E-state index contributed by atoms with van der Waals surface area (Å²) in [5.74, 6) is 0. The number of benzene rings is 1. The Balaban J connectivity index is 2.72. The lowest BCUT2D eigenvalue weighted by Gasteiger charge is -2.26. The lowest BCUT2D eigenvalue weighted by atomic mass is 9.99. The van der Waals surface area contributed by atoms with Gasteiger partial charge in [0.2, 0.25) is 0 Å². The molecule has 3 unspecified atom stereocenters. The van der Waals surface area contributed by atoms with Crippen LogP contribution in [-0.4, -0.2) is 29.3 Å². The predicted octanol–water partition coefficient (Wildman–Crippen LogP) is 3.07. The van der Waals surface area contributed by atoms with Crippen LogP contribution in [0.1, 0.15) is 36.6 Å². The normalized spacial score (nSPS) is 16.3. The quantitative estimate of drug-likeness (QED) is 0.831. The zero-order chi connectivity index (χ0) is 13.7. The van der Waals surface area contributed by atoms with Gasteiger partial charge in [0.05, 0.1) is 6.61 Å². The Morgan fingerprint density at radius 3 is 2.44 bits per heavy atom. The first kappa shape index (κ1) is 15.5. The Morgan fingerprint density at radius 2 is 1.94 bits per heavy atom. The summed E-state index contributed by atoms with van der Waals surface area (Å²) in [6.07, 6.45) is 2.04. The Hall–Kier alpha value is -0.510. The molecule has 0 fully saturated rings. The molecule has 2 N–H and O–H groups in total. The molecule has 0 spiro atoms. The summed E-state index contributed by atoms with van der Waals surface area (Å²) < 4.78 is 0. The third-order valence-electron chi connectivity index (χ3n) is 3.45. The lowest BCUT2D eigenvalue weighted by Crippen LogP contribution is -2.39. The van der Waals surface area contributed by atoms with Gasteiger partial charge >= 0.3 is 0 Å². The van der Waals surface area contributed by atoms with Gasteiger partial charge in [0.25, 0.3) is 0 Å². The molecule has 0 aliphatic heterocycles. The van der Waals surface area contributed by atoms with Crippen LogP contribution in [0.2, 0.25) is 0 Å². The number of aliphatic hydroxyl groups is 1. The topological polar surface area (TPSA) is 32.3 Å². The van der Waals surface area contributed by atoms with Crippen molar-refractivity contribution in [3.8, 4) is 0 Å². The molecule has 102 valence electrons. The molecule has 0 heterocycles. The molecule has 0 aromatic heterocycles. The second kappa shape index (κ2) is 7.17. The minimum atomic E-state index is 0.217. The van der Waals surface area contributed by atoms with Crippen molar-refractivity contribution in [2.24, 2.45) is 0 Å². The maximum absolute atomic E-state index is 9.31. The second-order valence-electron chi connectivity index (χ2n) is 4.99. The van der Waals surface area contributed by atoms with Crippen molar-refractivity contribution in [3.63, 3.8) is 0 Å². The molecule has 0 saturated heterocycles. The summed E-state index contributed by atoms with van der Waals surface area (Å²) >= 11 is 1.71. The smallest absolute Gasteiger partial charge is 0.0564 e. The van der Waals surface area contributed by atoms with Crippen molar-refractivity contribution in [1.82, 2.24) is 5.32 Å². The van der Waals surface area contributed by atoms with Gasteiger partial charge in [-0.3, -0.25) is 0 Å². The van der Waals surface area contributed by atoms with Gasteiger partial charge in [-0.1, -0.05) is 23.8 Å². The van der Waals surface area contributed by atoms with Crippen LogP contribution in [-0.2, 0) is 0 Å². The molecule has 1 rings (SSSR count). The zero-order valence-electron chi connectivity index (χ0n) is 12.0. The number of rotatable bonds is 6. The summed E-state index contributed by atoms with van der Waals surface area (Å²) in [6.45, 7) is 8.81. The van der Waals surface area contributed by atoms with Crippen LogP contribution in [0.3, 0.4) is 0 Å². The van der Waals surface area contributed by atoms with E-state index in [1.807, 2.05) is 6.26 Å². The number of aryl methyl sites for hydroxylation is 2. The van der Waals surface area contributed by atoms with Crippen LogP contribution < -0.4 is 5.32 Å². The fourth-order valence-corrected chi connectivity index (χ4v) is 2.98. The van der Waals surface area contributed by atoms with E-state index in [0.717, 1.165) is 0 Å². The van der Waals surface area contributed by atoms with Crippen LogP contribution in [0.4, 0.5) is 0 Å². The molecule has 1 aromatic rings. The van der Waals surface area contributed by atoms with Crippen LogP contribution in [0, 0.1) is 13.8 Å². The van der Waals surface area contributed by atoms with Gasteiger partial charge in [-0.2, -0.15) is 11.8 Å². The fourth-order valence-electron chi connectivity index (χ4n) is 2.34. The van der Waals surface area contributed by atoms with Gasteiger partial charge in [0.15, 0.2) is 0 Å². The van der Waals surface area contributed by atoms with Crippen LogP contribution in [0.5, 0.6) is 0 Å². The van der Waals surface area contributed by atoms with E-state index in [9.17, 15) is 5.11 Å². The Kier molecular flexibility index (Phi) is 6.19. The van der Waals surface area contributed by atoms with Gasteiger partial charge in [0.1, 0.15) is 0 Å². The minimum Gasteiger partial charge on any atom is -0.395 e. The SMILES string of the molecule is CSC(CO)C(C)NC(C)c1ccc(C)cc1C. The monoisotopic (exact) mass is 267 g/mol. The van der Waals surface area contributed by atoms with Crippen molar-refractivity contribution in [1.29, 1.82) is 0 Å². The molecule has 18 heavy (non-hydrogen) atoms. The fraction of sp³-hybridized carbons (Fsp3) is 0.600. The minimum absolute atomic E-state index is 0.217. The summed E-state index contributed by atoms with van der Waals surface area (Å²) in [4.78, 5) is 0. The van der Waals surface area contributed by atoms with Gasteiger partial charge in [0, 0.05) is 17.3 Å². The summed E-state index contributed by atoms with van der Waals surface area (Å²) in [5, 5.41) is 13.1. The summed E-state index contributed by atoms with van der Waals surface area (Å²) in [6, 6.07) is 7.17. The highest BCUT2D eigenvalue weighted by molar-refractivity contribution is 7.99. The maximum Gasteiger partial charge on any atom is 0.0564 e. The van der Waals surface area contributed by atoms with Crippen LogP contribution in [0.15, 0.2) is 18.2 Å². The highest BCUT2D eigenvalue weighted by atomic mass is 32.2. The van der Waals surface area contributed by atoms with E-state index in [2.05, 4.69) is 51.2 Å². The number of aliphatic hydroxyl groups excluding tert-OH is 1. The number of hydrogen-bond donors (Lipinski definition) is 2. The second-order valence-corrected chi connectivity index (χ2v) is 6.07.